The van der Waals surface area contributed by atoms with E-state index < -0.39 is 0 Å². The van der Waals surface area contributed by atoms with Gasteiger partial charge >= 0.3 is 0 Å². The molecule has 0 bridgehead atoms. The highest BCUT2D eigenvalue weighted by Crippen LogP contribution is 2.36. The molecule has 1 aliphatic carbocycles. The highest BCUT2D eigenvalue weighted by molar-refractivity contribution is 5.78. The molecule has 0 aliphatic heterocycles. The quantitative estimate of drug-likeness (QED) is 0.753. The first-order chi connectivity index (χ1) is 7.45. The molecule has 1 aliphatic rings. The summed E-state index contributed by atoms with van der Waals surface area (Å²) >= 11 is 0. The predicted molar refractivity (Wildman–Crippen MR) is 67.3 cm³/mol. The number of nitrogens with one attached hydrogen (secondary N) is 2. The Bertz CT molecular complexity index is 238. The van der Waals surface area contributed by atoms with Crippen molar-refractivity contribution < 1.29 is 4.79 Å². The molecule has 0 saturated heterocycles. The molecule has 2 unspecified atom stereocenters. The Morgan fingerprint density at radius 1 is 1.50 bits per heavy atom. The van der Waals surface area contributed by atoms with E-state index in [-0.39, 0.29) is 11.9 Å². The predicted octanol–water partition coefficient (Wildman–Crippen LogP) is 2.07. The van der Waals surface area contributed by atoms with E-state index in [0.29, 0.717) is 18.0 Å². The summed E-state index contributed by atoms with van der Waals surface area (Å²) < 4.78 is 0. The van der Waals surface area contributed by atoms with E-state index in [1.165, 1.54) is 19.3 Å². The minimum absolute atomic E-state index is 0.122. The van der Waals surface area contributed by atoms with Crippen LogP contribution in [0.5, 0.6) is 0 Å². The van der Waals surface area contributed by atoms with Gasteiger partial charge in [0.25, 0.3) is 0 Å². The highest BCUT2D eigenvalue weighted by Gasteiger charge is 2.34. The van der Waals surface area contributed by atoms with Gasteiger partial charge in [0.15, 0.2) is 0 Å². The van der Waals surface area contributed by atoms with Gasteiger partial charge in [-0.05, 0) is 31.6 Å². The lowest BCUT2D eigenvalue weighted by atomic mass is 9.87. The number of hydrogen-bond donors (Lipinski definition) is 2. The van der Waals surface area contributed by atoms with Gasteiger partial charge in [-0.15, -0.1) is 0 Å². The second-order valence-corrected chi connectivity index (χ2v) is 5.69. The standard InChI is InChI=1S/C13H26N2O/c1-5-10(2)15-12(16)9-14-11-7-6-8-13(11,3)4/h10-11,14H,5-9H2,1-4H3,(H,15,16). The summed E-state index contributed by atoms with van der Waals surface area (Å²) in [7, 11) is 0. The minimum Gasteiger partial charge on any atom is -0.353 e. The molecule has 16 heavy (non-hydrogen) atoms. The molecule has 0 spiro atoms. The normalized spacial score (nSPS) is 25.4. The lowest BCUT2D eigenvalue weighted by molar-refractivity contribution is -0.121. The van der Waals surface area contributed by atoms with Crippen molar-refractivity contribution in [1.82, 2.24) is 10.6 Å². The van der Waals surface area contributed by atoms with Crippen LogP contribution in [0, 0.1) is 5.41 Å². The Hall–Kier alpha value is -0.570. The first-order valence-electron chi connectivity index (χ1n) is 6.48. The molecular weight excluding hydrogens is 200 g/mol. The molecule has 0 aromatic rings. The van der Waals surface area contributed by atoms with Gasteiger partial charge in [0.2, 0.25) is 5.91 Å². The topological polar surface area (TPSA) is 41.1 Å². The fraction of sp³-hybridized carbons (Fsp3) is 0.923. The van der Waals surface area contributed by atoms with Gasteiger partial charge in [-0.1, -0.05) is 27.2 Å². The third-order valence-corrected chi connectivity index (χ3v) is 3.79. The van der Waals surface area contributed by atoms with Gasteiger partial charge < -0.3 is 10.6 Å². The average Bonchev–Trinajstić information content (AvgIpc) is 2.54. The molecule has 1 amide bonds. The largest absolute Gasteiger partial charge is 0.353 e. The van der Waals surface area contributed by atoms with Gasteiger partial charge in [0.05, 0.1) is 6.54 Å². The summed E-state index contributed by atoms with van der Waals surface area (Å²) in [6.07, 6.45) is 4.72. The lowest BCUT2D eigenvalue weighted by Crippen LogP contribution is -2.45. The molecule has 3 nitrogen and oxygen atoms in total. The SMILES string of the molecule is CCC(C)NC(=O)CNC1CCCC1(C)C. The number of hydrogen-bond acceptors (Lipinski definition) is 2. The monoisotopic (exact) mass is 226 g/mol. The number of rotatable bonds is 5. The van der Waals surface area contributed by atoms with Gasteiger partial charge in [-0.25, -0.2) is 0 Å². The maximum absolute atomic E-state index is 11.6. The third-order valence-electron chi connectivity index (χ3n) is 3.79. The molecule has 0 aromatic heterocycles. The summed E-state index contributed by atoms with van der Waals surface area (Å²) in [6, 6.07) is 0.779. The maximum atomic E-state index is 11.6. The summed E-state index contributed by atoms with van der Waals surface area (Å²) in [5, 5.41) is 6.37. The van der Waals surface area contributed by atoms with Crippen molar-refractivity contribution in [3.05, 3.63) is 0 Å². The van der Waals surface area contributed by atoms with Gasteiger partial charge in [0.1, 0.15) is 0 Å². The van der Waals surface area contributed by atoms with Crippen molar-refractivity contribution in [2.45, 2.75) is 65.5 Å². The Labute approximate surface area is 99.4 Å². The van der Waals surface area contributed by atoms with Crippen LogP contribution in [0.25, 0.3) is 0 Å². The summed E-state index contributed by atoms with van der Waals surface area (Å²) in [5.74, 6) is 0.122. The first kappa shape index (κ1) is 13.5. The van der Waals surface area contributed by atoms with Crippen LogP contribution in [0.2, 0.25) is 0 Å². The lowest BCUT2D eigenvalue weighted by Gasteiger charge is -2.27. The van der Waals surface area contributed by atoms with Crippen LogP contribution in [0.15, 0.2) is 0 Å². The molecule has 3 heteroatoms. The second kappa shape index (κ2) is 5.67. The van der Waals surface area contributed by atoms with Crippen molar-refractivity contribution in [1.29, 1.82) is 0 Å². The Kier molecular flexibility index (Phi) is 4.78. The Morgan fingerprint density at radius 2 is 2.19 bits per heavy atom. The maximum Gasteiger partial charge on any atom is 0.234 e. The van der Waals surface area contributed by atoms with Crippen LogP contribution in [0.3, 0.4) is 0 Å². The van der Waals surface area contributed by atoms with E-state index in [4.69, 9.17) is 0 Å². The zero-order valence-corrected chi connectivity index (χ0v) is 11.1. The van der Waals surface area contributed by atoms with Crippen LogP contribution in [-0.2, 0) is 4.79 Å². The Morgan fingerprint density at radius 3 is 2.69 bits per heavy atom. The highest BCUT2D eigenvalue weighted by atomic mass is 16.1. The van der Waals surface area contributed by atoms with Crippen LogP contribution in [0.1, 0.15) is 53.4 Å². The summed E-state index contributed by atoms with van der Waals surface area (Å²) in [4.78, 5) is 11.6. The van der Waals surface area contributed by atoms with Gasteiger partial charge in [0, 0.05) is 12.1 Å². The van der Waals surface area contributed by atoms with Crippen LogP contribution >= 0.6 is 0 Å². The van der Waals surface area contributed by atoms with Crippen molar-refractivity contribution in [3.8, 4) is 0 Å². The van der Waals surface area contributed by atoms with Crippen LogP contribution in [-0.4, -0.2) is 24.5 Å². The van der Waals surface area contributed by atoms with E-state index in [9.17, 15) is 4.79 Å². The second-order valence-electron chi connectivity index (χ2n) is 5.69. The fourth-order valence-electron chi connectivity index (χ4n) is 2.35. The van der Waals surface area contributed by atoms with E-state index in [1.54, 1.807) is 0 Å². The molecule has 0 radical (unpaired) electrons. The average molecular weight is 226 g/mol. The first-order valence-corrected chi connectivity index (χ1v) is 6.48. The number of carbonyl (C=O) groups excluding carboxylic acids is 1. The van der Waals surface area contributed by atoms with E-state index >= 15 is 0 Å². The molecule has 1 fully saturated rings. The van der Waals surface area contributed by atoms with Crippen molar-refractivity contribution in [2.24, 2.45) is 5.41 Å². The van der Waals surface area contributed by atoms with Crippen molar-refractivity contribution >= 4 is 5.91 Å². The molecule has 1 saturated carbocycles. The smallest absolute Gasteiger partial charge is 0.234 e. The fourth-order valence-corrected chi connectivity index (χ4v) is 2.35. The molecule has 2 atom stereocenters. The summed E-state index contributed by atoms with van der Waals surface area (Å²) in [6.45, 7) is 9.14. The number of amides is 1. The number of carbonyl (C=O) groups is 1. The van der Waals surface area contributed by atoms with Gasteiger partial charge in [-0.2, -0.15) is 0 Å². The molecular formula is C13H26N2O. The van der Waals surface area contributed by atoms with Crippen molar-refractivity contribution in [2.75, 3.05) is 6.54 Å². The van der Waals surface area contributed by atoms with E-state index in [1.807, 2.05) is 6.92 Å². The van der Waals surface area contributed by atoms with Crippen molar-refractivity contribution in [3.63, 3.8) is 0 Å². The zero-order chi connectivity index (χ0) is 12.2. The van der Waals surface area contributed by atoms with E-state index in [0.717, 1.165) is 6.42 Å². The third kappa shape index (κ3) is 3.78. The van der Waals surface area contributed by atoms with Gasteiger partial charge in [-0.3, -0.25) is 4.79 Å². The summed E-state index contributed by atoms with van der Waals surface area (Å²) in [5.41, 5.74) is 0.344. The molecule has 0 heterocycles. The zero-order valence-electron chi connectivity index (χ0n) is 11.1. The Balaban J connectivity index is 2.26. The van der Waals surface area contributed by atoms with Crippen LogP contribution < -0.4 is 10.6 Å². The van der Waals surface area contributed by atoms with E-state index in [2.05, 4.69) is 31.4 Å². The van der Waals surface area contributed by atoms with Crippen LogP contribution in [0.4, 0.5) is 0 Å². The molecule has 1 rings (SSSR count). The molecule has 94 valence electrons. The molecule has 2 N–H and O–H groups in total. The molecule has 0 aromatic carbocycles. The minimum atomic E-state index is 0.122.